The number of carbonyl (C=O) groups is 1. The molecule has 1 aromatic rings. The topological polar surface area (TPSA) is 52.6 Å². The molecule has 2 rings (SSSR count). The standard InChI is InChI=1S/C17H25ClN2O2/c18-14-7-8-16(21)15(13-14)17(22)19-9-3-1-4-10-20-11-5-2-6-12-20/h7-8,13,21H,1-6,9-12H2,(H,19,22). The first-order valence-corrected chi connectivity index (χ1v) is 8.53. The van der Waals surface area contributed by atoms with E-state index in [2.05, 4.69) is 10.2 Å². The molecule has 5 heteroatoms. The molecular weight excluding hydrogens is 300 g/mol. The van der Waals surface area contributed by atoms with Gasteiger partial charge in [0, 0.05) is 11.6 Å². The van der Waals surface area contributed by atoms with Crippen LogP contribution in [-0.2, 0) is 0 Å². The number of nitrogens with zero attached hydrogens (tertiary/aromatic N) is 1. The molecule has 1 aliphatic rings. The minimum Gasteiger partial charge on any atom is -0.507 e. The van der Waals surface area contributed by atoms with Crippen molar-refractivity contribution >= 4 is 17.5 Å². The van der Waals surface area contributed by atoms with Crippen LogP contribution in [0.15, 0.2) is 18.2 Å². The monoisotopic (exact) mass is 324 g/mol. The lowest BCUT2D eigenvalue weighted by Gasteiger charge is -2.26. The molecule has 0 unspecified atom stereocenters. The minimum absolute atomic E-state index is 0.0352. The molecule has 0 spiro atoms. The molecule has 1 amide bonds. The lowest BCUT2D eigenvalue weighted by molar-refractivity contribution is 0.0950. The molecular formula is C17H25ClN2O2. The van der Waals surface area contributed by atoms with Gasteiger partial charge < -0.3 is 15.3 Å². The lowest BCUT2D eigenvalue weighted by atomic mass is 10.1. The van der Waals surface area contributed by atoms with Gasteiger partial charge in [0.05, 0.1) is 5.56 Å². The van der Waals surface area contributed by atoms with Crippen LogP contribution in [0.1, 0.15) is 48.9 Å². The smallest absolute Gasteiger partial charge is 0.255 e. The molecule has 0 bridgehead atoms. The summed E-state index contributed by atoms with van der Waals surface area (Å²) in [7, 11) is 0. The summed E-state index contributed by atoms with van der Waals surface area (Å²) in [5, 5.41) is 12.9. The molecule has 122 valence electrons. The van der Waals surface area contributed by atoms with E-state index >= 15 is 0 Å². The van der Waals surface area contributed by atoms with Gasteiger partial charge in [-0.05, 0) is 63.5 Å². The van der Waals surface area contributed by atoms with Crippen molar-refractivity contribution in [2.45, 2.75) is 38.5 Å². The predicted molar refractivity (Wildman–Crippen MR) is 89.6 cm³/mol. The first-order valence-electron chi connectivity index (χ1n) is 8.16. The van der Waals surface area contributed by atoms with Gasteiger partial charge >= 0.3 is 0 Å². The normalized spacial score (nSPS) is 15.7. The molecule has 0 radical (unpaired) electrons. The Morgan fingerprint density at radius 1 is 1.18 bits per heavy atom. The predicted octanol–water partition coefficient (Wildman–Crippen LogP) is 3.43. The van der Waals surface area contributed by atoms with E-state index in [1.54, 1.807) is 6.07 Å². The molecule has 1 aromatic carbocycles. The number of phenols is 1. The summed E-state index contributed by atoms with van der Waals surface area (Å²) in [5.74, 6) is -0.303. The number of halogens is 1. The number of hydrogen-bond acceptors (Lipinski definition) is 3. The number of hydrogen-bond donors (Lipinski definition) is 2. The van der Waals surface area contributed by atoms with Gasteiger partial charge in [-0.1, -0.05) is 24.4 Å². The van der Waals surface area contributed by atoms with Gasteiger partial charge in [-0.25, -0.2) is 0 Å². The molecule has 4 nitrogen and oxygen atoms in total. The van der Waals surface area contributed by atoms with E-state index in [4.69, 9.17) is 11.6 Å². The Balaban J connectivity index is 1.60. The van der Waals surface area contributed by atoms with E-state index in [0.29, 0.717) is 11.6 Å². The number of carbonyl (C=O) groups excluding carboxylic acids is 1. The quantitative estimate of drug-likeness (QED) is 0.755. The highest BCUT2D eigenvalue weighted by Crippen LogP contribution is 2.21. The van der Waals surface area contributed by atoms with Crippen LogP contribution < -0.4 is 5.32 Å². The fourth-order valence-corrected chi connectivity index (χ4v) is 2.98. The van der Waals surface area contributed by atoms with Crippen LogP contribution in [0.2, 0.25) is 5.02 Å². The molecule has 1 saturated heterocycles. The Labute approximate surface area is 137 Å². The minimum atomic E-state index is -0.268. The van der Waals surface area contributed by atoms with Crippen LogP contribution in [0.25, 0.3) is 0 Å². The number of piperidine rings is 1. The van der Waals surface area contributed by atoms with Crippen molar-refractivity contribution in [1.29, 1.82) is 0 Å². The number of nitrogens with one attached hydrogen (secondary N) is 1. The molecule has 0 atom stereocenters. The van der Waals surface area contributed by atoms with Crippen molar-refractivity contribution in [2.75, 3.05) is 26.2 Å². The maximum absolute atomic E-state index is 12.0. The highest BCUT2D eigenvalue weighted by Gasteiger charge is 2.11. The number of aromatic hydroxyl groups is 1. The Morgan fingerprint density at radius 3 is 2.73 bits per heavy atom. The number of amides is 1. The van der Waals surface area contributed by atoms with Gasteiger partial charge in [0.15, 0.2) is 0 Å². The van der Waals surface area contributed by atoms with Gasteiger partial charge in [-0.3, -0.25) is 4.79 Å². The van der Waals surface area contributed by atoms with Gasteiger partial charge in [-0.2, -0.15) is 0 Å². The summed E-state index contributed by atoms with van der Waals surface area (Å²) >= 11 is 5.84. The van der Waals surface area contributed by atoms with E-state index in [-0.39, 0.29) is 17.2 Å². The highest BCUT2D eigenvalue weighted by atomic mass is 35.5. The maximum Gasteiger partial charge on any atom is 0.255 e. The SMILES string of the molecule is O=C(NCCCCCN1CCCCC1)c1cc(Cl)ccc1O. The Kier molecular flexibility index (Phi) is 7.00. The summed E-state index contributed by atoms with van der Waals surface area (Å²) < 4.78 is 0. The fraction of sp³-hybridized carbons (Fsp3) is 0.588. The Hall–Kier alpha value is -1.26. The second-order valence-corrected chi connectivity index (χ2v) is 6.32. The van der Waals surface area contributed by atoms with Crippen LogP contribution >= 0.6 is 11.6 Å². The van der Waals surface area contributed by atoms with Gasteiger partial charge in [0.25, 0.3) is 5.91 Å². The van der Waals surface area contributed by atoms with Gasteiger partial charge in [0.2, 0.25) is 0 Å². The number of likely N-dealkylation sites (tertiary alicyclic amines) is 1. The van der Waals surface area contributed by atoms with Crippen molar-refractivity contribution < 1.29 is 9.90 Å². The van der Waals surface area contributed by atoms with Crippen LogP contribution in [0.4, 0.5) is 0 Å². The fourth-order valence-electron chi connectivity index (χ4n) is 2.81. The second-order valence-electron chi connectivity index (χ2n) is 5.88. The number of benzene rings is 1. The molecule has 0 saturated carbocycles. The average Bonchev–Trinajstić information content (AvgIpc) is 2.54. The first-order chi connectivity index (χ1) is 10.7. The molecule has 0 aliphatic carbocycles. The van der Waals surface area contributed by atoms with Crippen LogP contribution in [0.5, 0.6) is 5.75 Å². The van der Waals surface area contributed by atoms with E-state index in [0.717, 1.165) is 12.8 Å². The third-order valence-electron chi connectivity index (χ3n) is 4.09. The van der Waals surface area contributed by atoms with Crippen molar-refractivity contribution in [2.24, 2.45) is 0 Å². The summed E-state index contributed by atoms with van der Waals surface area (Å²) in [5.41, 5.74) is 0.237. The summed E-state index contributed by atoms with van der Waals surface area (Å²) in [6, 6.07) is 4.49. The maximum atomic E-state index is 12.0. The largest absolute Gasteiger partial charge is 0.507 e. The zero-order chi connectivity index (χ0) is 15.8. The van der Waals surface area contributed by atoms with Crippen molar-refractivity contribution in [1.82, 2.24) is 10.2 Å². The van der Waals surface area contributed by atoms with E-state index in [1.807, 2.05) is 0 Å². The Bertz CT molecular complexity index is 488. The highest BCUT2D eigenvalue weighted by molar-refractivity contribution is 6.31. The number of rotatable bonds is 7. The third kappa shape index (κ3) is 5.50. The third-order valence-corrected chi connectivity index (χ3v) is 4.32. The molecule has 1 fully saturated rings. The molecule has 1 aliphatic heterocycles. The summed E-state index contributed by atoms with van der Waals surface area (Å²) in [4.78, 5) is 14.5. The number of phenolic OH excluding ortho intramolecular Hbond substituents is 1. The van der Waals surface area contributed by atoms with Gasteiger partial charge in [-0.15, -0.1) is 0 Å². The average molecular weight is 325 g/mol. The lowest BCUT2D eigenvalue weighted by Crippen LogP contribution is -2.30. The van der Waals surface area contributed by atoms with Crippen LogP contribution in [-0.4, -0.2) is 42.1 Å². The zero-order valence-electron chi connectivity index (χ0n) is 13.0. The van der Waals surface area contributed by atoms with Crippen LogP contribution in [0.3, 0.4) is 0 Å². The zero-order valence-corrected chi connectivity index (χ0v) is 13.7. The van der Waals surface area contributed by atoms with E-state index < -0.39 is 0 Å². The first kappa shape index (κ1) is 17.1. The van der Waals surface area contributed by atoms with Crippen molar-refractivity contribution in [3.05, 3.63) is 28.8 Å². The van der Waals surface area contributed by atoms with Crippen molar-refractivity contribution in [3.63, 3.8) is 0 Å². The summed E-state index contributed by atoms with van der Waals surface area (Å²) in [6.45, 7) is 4.28. The Morgan fingerprint density at radius 2 is 1.95 bits per heavy atom. The van der Waals surface area contributed by atoms with Crippen molar-refractivity contribution in [3.8, 4) is 5.75 Å². The van der Waals surface area contributed by atoms with E-state index in [9.17, 15) is 9.90 Å². The van der Waals surface area contributed by atoms with Gasteiger partial charge in [0.1, 0.15) is 5.75 Å². The number of unbranched alkanes of at least 4 members (excludes halogenated alkanes) is 2. The summed E-state index contributed by atoms with van der Waals surface area (Å²) in [6.07, 6.45) is 7.29. The molecule has 0 aromatic heterocycles. The molecule has 1 heterocycles. The molecule has 2 N–H and O–H groups in total. The second kappa shape index (κ2) is 9.01. The van der Waals surface area contributed by atoms with E-state index in [1.165, 1.54) is 57.5 Å². The van der Waals surface area contributed by atoms with Crippen LogP contribution in [0, 0.1) is 0 Å². The molecule has 22 heavy (non-hydrogen) atoms.